The molecule has 1 aliphatic rings. The molecule has 0 bridgehead atoms. The number of hydrogen-bond donors (Lipinski definition) is 1. The van der Waals surface area contributed by atoms with Crippen molar-refractivity contribution in [2.45, 2.75) is 0 Å². The lowest BCUT2D eigenvalue weighted by atomic mass is 10.3. The van der Waals surface area contributed by atoms with E-state index in [2.05, 4.69) is 0 Å². The first-order chi connectivity index (χ1) is 5.74. The maximum absolute atomic E-state index is 11.2. The summed E-state index contributed by atoms with van der Waals surface area (Å²) in [6.07, 6.45) is 2.90. The van der Waals surface area contributed by atoms with Gasteiger partial charge in [-0.25, -0.2) is 0 Å². The average molecular weight is 165 g/mol. The quantitative estimate of drug-likeness (QED) is 0.671. The van der Waals surface area contributed by atoms with Crippen molar-refractivity contribution in [1.29, 1.82) is 0 Å². The van der Waals surface area contributed by atoms with Crippen LogP contribution in [-0.2, 0) is 0 Å². The van der Waals surface area contributed by atoms with Gasteiger partial charge in [0.2, 0.25) is 5.78 Å². The SMILES string of the molecule is COc1cc(O)n2c1C(=O)C=C2. The number of allylic oxidation sites excluding steroid dienone is 1. The van der Waals surface area contributed by atoms with Gasteiger partial charge in [-0.2, -0.15) is 0 Å². The van der Waals surface area contributed by atoms with Crippen LogP contribution < -0.4 is 4.74 Å². The topological polar surface area (TPSA) is 51.5 Å². The average Bonchev–Trinajstić information content (AvgIpc) is 2.56. The van der Waals surface area contributed by atoms with Crippen molar-refractivity contribution >= 4 is 12.0 Å². The molecule has 0 radical (unpaired) electrons. The van der Waals surface area contributed by atoms with Crippen molar-refractivity contribution in [1.82, 2.24) is 4.57 Å². The molecule has 1 aliphatic heterocycles. The van der Waals surface area contributed by atoms with Crippen molar-refractivity contribution in [3.05, 3.63) is 17.8 Å². The number of fused-ring (bicyclic) bond motifs is 1. The summed E-state index contributed by atoms with van der Waals surface area (Å²) in [5.74, 6) is 0.276. The molecule has 1 aromatic rings. The number of aromatic hydroxyl groups is 1. The van der Waals surface area contributed by atoms with Gasteiger partial charge < -0.3 is 9.84 Å². The van der Waals surface area contributed by atoms with E-state index in [0.29, 0.717) is 11.4 Å². The highest BCUT2D eigenvalue weighted by atomic mass is 16.5. The second-order valence-corrected chi connectivity index (χ2v) is 2.47. The van der Waals surface area contributed by atoms with Crippen molar-refractivity contribution in [2.75, 3.05) is 7.11 Å². The van der Waals surface area contributed by atoms with E-state index in [0.717, 1.165) is 0 Å². The van der Waals surface area contributed by atoms with Crippen molar-refractivity contribution in [2.24, 2.45) is 0 Å². The zero-order valence-corrected chi connectivity index (χ0v) is 6.44. The molecule has 2 heterocycles. The lowest BCUT2D eigenvalue weighted by Gasteiger charge is -1.96. The van der Waals surface area contributed by atoms with E-state index in [-0.39, 0.29) is 11.7 Å². The Morgan fingerprint density at radius 2 is 2.33 bits per heavy atom. The predicted octanol–water partition coefficient (Wildman–Crippen LogP) is 0.869. The van der Waals surface area contributed by atoms with Crippen LogP contribution in [-0.4, -0.2) is 22.6 Å². The summed E-state index contributed by atoms with van der Waals surface area (Å²) in [5.41, 5.74) is 0.384. The Bertz CT molecular complexity index is 376. The Morgan fingerprint density at radius 1 is 1.58 bits per heavy atom. The number of carbonyl (C=O) groups excluding carboxylic acids is 1. The summed E-state index contributed by atoms with van der Waals surface area (Å²) in [4.78, 5) is 11.2. The van der Waals surface area contributed by atoms with E-state index in [9.17, 15) is 9.90 Å². The number of ether oxygens (including phenoxy) is 1. The molecule has 0 fully saturated rings. The van der Waals surface area contributed by atoms with Crippen LogP contribution in [0.2, 0.25) is 0 Å². The molecule has 0 saturated carbocycles. The Balaban J connectivity index is 2.67. The number of methoxy groups -OCH3 is 1. The number of rotatable bonds is 1. The normalized spacial score (nSPS) is 13.6. The first-order valence-electron chi connectivity index (χ1n) is 3.44. The van der Waals surface area contributed by atoms with Gasteiger partial charge >= 0.3 is 0 Å². The number of ketones is 1. The third-order valence-electron chi connectivity index (χ3n) is 1.81. The van der Waals surface area contributed by atoms with Crippen LogP contribution in [0.5, 0.6) is 11.6 Å². The molecular formula is C8H7NO3. The van der Waals surface area contributed by atoms with Gasteiger partial charge in [0.25, 0.3) is 0 Å². The maximum atomic E-state index is 11.2. The van der Waals surface area contributed by atoms with Crippen molar-refractivity contribution in [3.8, 4) is 11.6 Å². The molecular weight excluding hydrogens is 158 g/mol. The van der Waals surface area contributed by atoms with Crippen LogP contribution in [0.4, 0.5) is 0 Å². The predicted molar refractivity (Wildman–Crippen MR) is 42.3 cm³/mol. The number of carbonyl (C=O) groups is 1. The summed E-state index contributed by atoms with van der Waals surface area (Å²) in [6.45, 7) is 0. The second kappa shape index (κ2) is 2.14. The molecule has 1 N–H and O–H groups in total. The largest absolute Gasteiger partial charge is 0.494 e. The van der Waals surface area contributed by atoms with Gasteiger partial charge in [-0.05, 0) is 0 Å². The molecule has 2 rings (SSSR count). The zero-order chi connectivity index (χ0) is 8.72. The van der Waals surface area contributed by atoms with Gasteiger partial charge in [0.15, 0.2) is 11.6 Å². The molecule has 0 atom stereocenters. The van der Waals surface area contributed by atoms with Gasteiger partial charge in [0.1, 0.15) is 5.69 Å². The Morgan fingerprint density at radius 3 is 3.00 bits per heavy atom. The summed E-state index contributed by atoms with van der Waals surface area (Å²) in [7, 11) is 1.46. The molecule has 0 aromatic carbocycles. The maximum Gasteiger partial charge on any atom is 0.207 e. The molecule has 0 aliphatic carbocycles. The number of aromatic nitrogens is 1. The minimum Gasteiger partial charge on any atom is -0.494 e. The third-order valence-corrected chi connectivity index (χ3v) is 1.81. The summed E-state index contributed by atoms with van der Waals surface area (Å²) in [6, 6.07) is 1.41. The minimum atomic E-state index is -0.146. The van der Waals surface area contributed by atoms with E-state index in [1.54, 1.807) is 0 Å². The first kappa shape index (κ1) is 6.97. The highest BCUT2D eigenvalue weighted by Gasteiger charge is 2.22. The van der Waals surface area contributed by atoms with Crippen molar-refractivity contribution in [3.63, 3.8) is 0 Å². The van der Waals surface area contributed by atoms with E-state index in [1.807, 2.05) is 0 Å². The van der Waals surface area contributed by atoms with Crippen LogP contribution in [0.25, 0.3) is 6.20 Å². The molecule has 0 spiro atoms. The van der Waals surface area contributed by atoms with Crippen LogP contribution in [0, 0.1) is 0 Å². The van der Waals surface area contributed by atoms with Crippen LogP contribution >= 0.6 is 0 Å². The molecule has 12 heavy (non-hydrogen) atoms. The first-order valence-corrected chi connectivity index (χ1v) is 3.44. The summed E-state index contributed by atoms with van der Waals surface area (Å²) in [5, 5.41) is 9.28. The van der Waals surface area contributed by atoms with Gasteiger partial charge in [-0.15, -0.1) is 0 Å². The zero-order valence-electron chi connectivity index (χ0n) is 6.44. The molecule has 0 saturated heterocycles. The monoisotopic (exact) mass is 165 g/mol. The fraction of sp³-hybridized carbons (Fsp3) is 0.125. The van der Waals surface area contributed by atoms with Gasteiger partial charge in [-0.3, -0.25) is 9.36 Å². The standard InChI is InChI=1S/C8H7NO3/c1-12-6-4-7(11)9-3-2-5(10)8(6)9/h2-4,11H,1H3. The van der Waals surface area contributed by atoms with Gasteiger partial charge in [0, 0.05) is 18.3 Å². The molecule has 0 unspecified atom stereocenters. The number of hydrogen-bond acceptors (Lipinski definition) is 3. The fourth-order valence-corrected chi connectivity index (χ4v) is 1.26. The van der Waals surface area contributed by atoms with Crippen LogP contribution in [0.1, 0.15) is 10.5 Å². The van der Waals surface area contributed by atoms with E-state index in [1.165, 1.54) is 30.0 Å². The van der Waals surface area contributed by atoms with E-state index < -0.39 is 0 Å². The van der Waals surface area contributed by atoms with Gasteiger partial charge in [-0.1, -0.05) is 0 Å². The molecule has 62 valence electrons. The van der Waals surface area contributed by atoms with E-state index >= 15 is 0 Å². The summed E-state index contributed by atoms with van der Waals surface area (Å²) < 4.78 is 6.30. The molecule has 0 amide bonds. The van der Waals surface area contributed by atoms with Gasteiger partial charge in [0.05, 0.1) is 7.11 Å². The minimum absolute atomic E-state index is 0.0175. The Hall–Kier alpha value is -1.71. The highest BCUT2D eigenvalue weighted by Crippen LogP contribution is 2.31. The lowest BCUT2D eigenvalue weighted by Crippen LogP contribution is -1.96. The second-order valence-electron chi connectivity index (χ2n) is 2.47. The number of nitrogens with zero attached hydrogens (tertiary/aromatic N) is 1. The molecule has 1 aromatic heterocycles. The molecule has 4 nitrogen and oxygen atoms in total. The smallest absolute Gasteiger partial charge is 0.207 e. The van der Waals surface area contributed by atoms with Crippen LogP contribution in [0.3, 0.4) is 0 Å². The highest BCUT2D eigenvalue weighted by molar-refractivity contribution is 6.10. The summed E-state index contributed by atoms with van der Waals surface area (Å²) >= 11 is 0. The Kier molecular flexibility index (Phi) is 1.24. The Labute approximate surface area is 68.7 Å². The van der Waals surface area contributed by atoms with E-state index in [4.69, 9.17) is 4.74 Å². The van der Waals surface area contributed by atoms with Crippen molar-refractivity contribution < 1.29 is 14.6 Å². The third kappa shape index (κ3) is 0.689. The lowest BCUT2D eigenvalue weighted by molar-refractivity contribution is 0.104. The fourth-order valence-electron chi connectivity index (χ4n) is 1.26. The van der Waals surface area contributed by atoms with Crippen LogP contribution in [0.15, 0.2) is 12.1 Å². The molecule has 4 heteroatoms.